The van der Waals surface area contributed by atoms with Gasteiger partial charge in [-0.2, -0.15) is 0 Å². The van der Waals surface area contributed by atoms with Crippen LogP contribution in [0.1, 0.15) is 19.4 Å². The summed E-state index contributed by atoms with van der Waals surface area (Å²) in [7, 11) is 1.51. The van der Waals surface area contributed by atoms with Crippen molar-refractivity contribution in [3.05, 3.63) is 35.4 Å². The fraction of sp³-hybridized carbons (Fsp3) is 0.467. The number of amides is 2. The summed E-state index contributed by atoms with van der Waals surface area (Å²) >= 11 is 0. The van der Waals surface area contributed by atoms with Gasteiger partial charge in [-0.1, -0.05) is 19.9 Å². The first-order valence-electron chi connectivity index (χ1n) is 6.93. The number of likely N-dealkylation sites (N-methyl/N-ethyl adjacent to an activating group) is 1. The molecule has 0 aromatic heterocycles. The molecule has 0 saturated carbocycles. The predicted molar refractivity (Wildman–Crippen MR) is 78.7 cm³/mol. The molecule has 0 fully saturated rings. The van der Waals surface area contributed by atoms with Gasteiger partial charge in [-0.15, -0.1) is 0 Å². The molecule has 0 saturated heterocycles. The van der Waals surface area contributed by atoms with Gasteiger partial charge >= 0.3 is 0 Å². The largest absolute Gasteiger partial charge is 0.346 e. The van der Waals surface area contributed by atoms with Crippen LogP contribution in [0.3, 0.4) is 0 Å². The molecule has 0 heterocycles. The Balaban J connectivity index is 2.51. The van der Waals surface area contributed by atoms with Crippen LogP contribution in [0.2, 0.25) is 0 Å². The number of carbonyl (C=O) groups excluding carboxylic acids is 2. The van der Waals surface area contributed by atoms with E-state index in [1.807, 2.05) is 0 Å². The van der Waals surface area contributed by atoms with E-state index >= 15 is 0 Å². The minimum absolute atomic E-state index is 0.0324. The highest BCUT2D eigenvalue weighted by Crippen LogP contribution is 2.10. The molecule has 0 aliphatic rings. The lowest BCUT2D eigenvalue weighted by molar-refractivity contribution is -0.132. The Morgan fingerprint density at radius 2 is 1.91 bits per heavy atom. The summed E-state index contributed by atoms with van der Waals surface area (Å²) in [5, 5.41) is 2.46. The van der Waals surface area contributed by atoms with Crippen molar-refractivity contribution in [1.29, 1.82) is 0 Å². The zero-order valence-electron chi connectivity index (χ0n) is 12.9. The van der Waals surface area contributed by atoms with Crippen LogP contribution in [0.15, 0.2) is 18.2 Å². The average molecular weight is 313 g/mol. The number of halogens is 2. The van der Waals surface area contributed by atoms with Crippen molar-refractivity contribution in [2.75, 3.05) is 13.6 Å². The number of nitrogens with one attached hydrogen (secondary N) is 1. The summed E-state index contributed by atoms with van der Waals surface area (Å²) in [5.41, 5.74) is 6.12. The number of benzene rings is 1. The van der Waals surface area contributed by atoms with Crippen LogP contribution in [0, 0.1) is 17.6 Å². The molecule has 0 aliphatic heterocycles. The second-order valence-electron chi connectivity index (χ2n) is 5.49. The number of hydrogen-bond donors (Lipinski definition) is 2. The van der Waals surface area contributed by atoms with Gasteiger partial charge in [0, 0.05) is 13.6 Å². The highest BCUT2D eigenvalue weighted by molar-refractivity contribution is 5.87. The third-order valence-electron chi connectivity index (χ3n) is 3.26. The van der Waals surface area contributed by atoms with Crippen LogP contribution in [-0.2, 0) is 16.1 Å². The molecule has 7 heteroatoms. The minimum atomic E-state index is -0.963. The van der Waals surface area contributed by atoms with E-state index in [1.165, 1.54) is 18.0 Å². The smallest absolute Gasteiger partial charge is 0.242 e. The lowest BCUT2D eigenvalue weighted by Gasteiger charge is -2.19. The molecule has 22 heavy (non-hydrogen) atoms. The van der Waals surface area contributed by atoms with Gasteiger partial charge in [0.2, 0.25) is 11.8 Å². The molecule has 1 rings (SSSR count). The molecule has 0 radical (unpaired) electrons. The van der Waals surface area contributed by atoms with Gasteiger partial charge < -0.3 is 16.0 Å². The van der Waals surface area contributed by atoms with Crippen molar-refractivity contribution in [2.24, 2.45) is 11.7 Å². The van der Waals surface area contributed by atoms with Crippen LogP contribution in [-0.4, -0.2) is 36.3 Å². The molecule has 1 aromatic rings. The zero-order chi connectivity index (χ0) is 16.9. The molecule has 0 unspecified atom stereocenters. The van der Waals surface area contributed by atoms with E-state index in [0.29, 0.717) is 5.56 Å². The normalized spacial score (nSPS) is 12.1. The maximum absolute atomic E-state index is 13.1. The molecule has 0 spiro atoms. The first-order valence-corrected chi connectivity index (χ1v) is 6.93. The van der Waals surface area contributed by atoms with Crippen LogP contribution in [0.25, 0.3) is 0 Å². The third kappa shape index (κ3) is 5.07. The number of carbonyl (C=O) groups is 2. The van der Waals surface area contributed by atoms with Gasteiger partial charge in [0.1, 0.15) is 0 Å². The molecule has 0 aliphatic carbocycles. The van der Waals surface area contributed by atoms with E-state index in [9.17, 15) is 18.4 Å². The molecule has 1 atom stereocenters. The molecule has 3 N–H and O–H groups in total. The molecular weight excluding hydrogens is 292 g/mol. The molecule has 5 nitrogen and oxygen atoms in total. The Morgan fingerprint density at radius 3 is 2.45 bits per heavy atom. The average Bonchev–Trinajstić information content (AvgIpc) is 2.47. The number of hydrogen-bond acceptors (Lipinski definition) is 3. The van der Waals surface area contributed by atoms with Gasteiger partial charge in [-0.25, -0.2) is 8.78 Å². The summed E-state index contributed by atoms with van der Waals surface area (Å²) < 4.78 is 25.9. The van der Waals surface area contributed by atoms with Crippen molar-refractivity contribution in [1.82, 2.24) is 10.2 Å². The van der Waals surface area contributed by atoms with Crippen molar-refractivity contribution in [3.8, 4) is 0 Å². The van der Waals surface area contributed by atoms with E-state index in [0.717, 1.165) is 12.1 Å². The zero-order valence-corrected chi connectivity index (χ0v) is 12.9. The topological polar surface area (TPSA) is 75.4 Å². The quantitative estimate of drug-likeness (QED) is 0.823. The molecule has 122 valence electrons. The molecule has 0 bridgehead atoms. The Morgan fingerprint density at radius 1 is 1.27 bits per heavy atom. The second-order valence-corrected chi connectivity index (χ2v) is 5.49. The summed E-state index contributed by atoms with van der Waals surface area (Å²) in [6, 6.07) is 2.76. The SMILES string of the molecule is CC(C)[C@H](N)C(=O)NCC(=O)N(C)Cc1ccc(F)c(F)c1. The summed E-state index contributed by atoms with van der Waals surface area (Å²) in [4.78, 5) is 24.9. The van der Waals surface area contributed by atoms with Crippen LogP contribution in [0.5, 0.6) is 0 Å². The highest BCUT2D eigenvalue weighted by atomic mass is 19.2. The fourth-order valence-electron chi connectivity index (χ4n) is 1.72. The van der Waals surface area contributed by atoms with Gasteiger partial charge in [0.05, 0.1) is 12.6 Å². The molecule has 2 amide bonds. The van der Waals surface area contributed by atoms with Crippen molar-refractivity contribution >= 4 is 11.8 Å². The van der Waals surface area contributed by atoms with Gasteiger partial charge in [0.15, 0.2) is 11.6 Å². The van der Waals surface area contributed by atoms with Crippen molar-refractivity contribution < 1.29 is 18.4 Å². The van der Waals surface area contributed by atoms with Gasteiger partial charge in [-0.3, -0.25) is 9.59 Å². The number of nitrogens with zero attached hydrogens (tertiary/aromatic N) is 1. The van der Waals surface area contributed by atoms with Crippen molar-refractivity contribution in [3.63, 3.8) is 0 Å². The lowest BCUT2D eigenvalue weighted by Crippen LogP contribution is -2.47. The number of rotatable bonds is 6. The standard InChI is InChI=1S/C15H21F2N3O2/c1-9(2)14(18)15(22)19-7-13(21)20(3)8-10-4-5-11(16)12(17)6-10/h4-6,9,14H,7-8,18H2,1-3H3,(H,19,22)/t14-/m0/s1. The monoisotopic (exact) mass is 313 g/mol. The fourth-order valence-corrected chi connectivity index (χ4v) is 1.72. The Hall–Kier alpha value is -2.02. The Bertz CT molecular complexity index is 550. The third-order valence-corrected chi connectivity index (χ3v) is 3.26. The first kappa shape index (κ1) is 18.0. The highest BCUT2D eigenvalue weighted by Gasteiger charge is 2.18. The van der Waals surface area contributed by atoms with Crippen molar-refractivity contribution in [2.45, 2.75) is 26.4 Å². The Labute approximate surface area is 128 Å². The molecule has 1 aromatic carbocycles. The second kappa shape index (κ2) is 7.84. The van der Waals surface area contributed by atoms with E-state index in [4.69, 9.17) is 5.73 Å². The first-order chi connectivity index (χ1) is 10.2. The van der Waals surface area contributed by atoms with E-state index < -0.39 is 23.6 Å². The van der Waals surface area contributed by atoms with Crippen LogP contribution in [0.4, 0.5) is 8.78 Å². The lowest BCUT2D eigenvalue weighted by atomic mass is 10.1. The van der Waals surface area contributed by atoms with E-state index in [-0.39, 0.29) is 24.9 Å². The summed E-state index contributed by atoms with van der Waals surface area (Å²) in [6.07, 6.45) is 0. The predicted octanol–water partition coefficient (Wildman–Crippen LogP) is 1.02. The number of nitrogens with two attached hydrogens (primary N) is 1. The summed E-state index contributed by atoms with van der Waals surface area (Å²) in [6.45, 7) is 3.53. The van der Waals surface area contributed by atoms with E-state index in [2.05, 4.69) is 5.32 Å². The molecular formula is C15H21F2N3O2. The van der Waals surface area contributed by atoms with Gasteiger partial charge in [-0.05, 0) is 23.6 Å². The maximum atomic E-state index is 13.1. The minimum Gasteiger partial charge on any atom is -0.346 e. The Kier molecular flexibility index (Phi) is 6.42. The van der Waals surface area contributed by atoms with Crippen LogP contribution >= 0.6 is 0 Å². The van der Waals surface area contributed by atoms with E-state index in [1.54, 1.807) is 13.8 Å². The summed E-state index contributed by atoms with van der Waals surface area (Å²) in [5.74, 6) is -2.68. The van der Waals surface area contributed by atoms with Gasteiger partial charge in [0.25, 0.3) is 0 Å². The van der Waals surface area contributed by atoms with Crippen LogP contribution < -0.4 is 11.1 Å². The maximum Gasteiger partial charge on any atom is 0.242 e.